The summed E-state index contributed by atoms with van der Waals surface area (Å²) in [5.74, 6) is 0.875. The van der Waals surface area contributed by atoms with Gasteiger partial charge in [-0.15, -0.1) is 0 Å². The van der Waals surface area contributed by atoms with E-state index in [1.165, 1.54) is 0 Å². The molecule has 0 fully saturated rings. The summed E-state index contributed by atoms with van der Waals surface area (Å²) < 4.78 is 5.23. The quantitative estimate of drug-likeness (QED) is 0.670. The second-order valence-corrected chi connectivity index (χ2v) is 3.56. The molecule has 0 saturated heterocycles. The fourth-order valence-electron chi connectivity index (χ4n) is 1.48. The normalized spacial score (nSPS) is 10.5. The van der Waals surface area contributed by atoms with Gasteiger partial charge in [-0.25, -0.2) is 4.98 Å². The number of hydrogen-bond acceptors (Lipinski definition) is 2. The van der Waals surface area contributed by atoms with Gasteiger partial charge < -0.3 is 4.74 Å². The van der Waals surface area contributed by atoms with Crippen LogP contribution in [0.25, 0.3) is 10.8 Å². The lowest BCUT2D eigenvalue weighted by atomic mass is 10.1. The minimum absolute atomic E-state index is 0.503. The van der Waals surface area contributed by atoms with Crippen LogP contribution in [0.1, 0.15) is 5.56 Å². The van der Waals surface area contributed by atoms with E-state index in [4.69, 9.17) is 16.3 Å². The van der Waals surface area contributed by atoms with Crippen molar-refractivity contribution in [2.75, 3.05) is 7.11 Å². The van der Waals surface area contributed by atoms with Gasteiger partial charge in [-0.05, 0) is 36.1 Å². The van der Waals surface area contributed by atoms with Gasteiger partial charge in [0, 0.05) is 11.6 Å². The zero-order chi connectivity index (χ0) is 10.1. The summed E-state index contributed by atoms with van der Waals surface area (Å²) in [4.78, 5) is 4.03. The van der Waals surface area contributed by atoms with Crippen LogP contribution in [0.4, 0.5) is 0 Å². The summed E-state index contributed by atoms with van der Waals surface area (Å²) in [5.41, 5.74) is 1.10. The van der Waals surface area contributed by atoms with Crippen molar-refractivity contribution in [3.8, 4) is 5.75 Å². The number of nitrogens with zero attached hydrogens (tertiary/aromatic N) is 1. The molecule has 3 heteroatoms. The van der Waals surface area contributed by atoms with Gasteiger partial charge in [0.25, 0.3) is 0 Å². The average molecular weight is 208 g/mol. The Morgan fingerprint density at radius 1 is 1.21 bits per heavy atom. The van der Waals surface area contributed by atoms with Crippen LogP contribution in [0.3, 0.4) is 0 Å². The van der Waals surface area contributed by atoms with E-state index in [1.54, 1.807) is 13.3 Å². The molecular formula is C11H10ClNO. The van der Waals surface area contributed by atoms with Crippen molar-refractivity contribution >= 4 is 22.4 Å². The molecule has 0 aliphatic heterocycles. The summed E-state index contributed by atoms with van der Waals surface area (Å²) in [5, 5.41) is 2.63. The van der Waals surface area contributed by atoms with Crippen LogP contribution in [0, 0.1) is 6.92 Å². The van der Waals surface area contributed by atoms with E-state index in [2.05, 4.69) is 4.98 Å². The Morgan fingerprint density at radius 2 is 2.00 bits per heavy atom. The van der Waals surface area contributed by atoms with E-state index in [-0.39, 0.29) is 0 Å². The van der Waals surface area contributed by atoms with Gasteiger partial charge in [-0.3, -0.25) is 0 Å². The van der Waals surface area contributed by atoms with Crippen molar-refractivity contribution in [2.24, 2.45) is 0 Å². The number of halogens is 1. The van der Waals surface area contributed by atoms with Gasteiger partial charge in [0.05, 0.1) is 7.11 Å². The van der Waals surface area contributed by atoms with Gasteiger partial charge in [-0.2, -0.15) is 0 Å². The van der Waals surface area contributed by atoms with Gasteiger partial charge in [0.2, 0.25) is 0 Å². The molecule has 0 amide bonds. The van der Waals surface area contributed by atoms with E-state index >= 15 is 0 Å². The molecule has 0 bridgehead atoms. The number of rotatable bonds is 1. The van der Waals surface area contributed by atoms with Crippen molar-refractivity contribution in [1.29, 1.82) is 0 Å². The highest BCUT2D eigenvalue weighted by Crippen LogP contribution is 2.25. The molecule has 0 atom stereocenters. The van der Waals surface area contributed by atoms with E-state index in [1.807, 2.05) is 25.1 Å². The predicted molar refractivity (Wildman–Crippen MR) is 58.0 cm³/mol. The monoisotopic (exact) mass is 207 g/mol. The number of ether oxygens (including phenoxy) is 1. The zero-order valence-electron chi connectivity index (χ0n) is 8.04. The standard InChI is InChI=1S/C11H10ClNO/c1-7-3-9-6-13-11(12)5-8(9)4-10(7)14-2/h3-6H,1-2H3. The maximum Gasteiger partial charge on any atom is 0.129 e. The molecule has 72 valence electrons. The third-order valence-corrected chi connectivity index (χ3v) is 2.41. The Kier molecular flexibility index (Phi) is 2.30. The molecule has 0 aliphatic carbocycles. The van der Waals surface area contributed by atoms with Crippen LogP contribution in [-0.4, -0.2) is 12.1 Å². The number of methoxy groups -OCH3 is 1. The Hall–Kier alpha value is -1.28. The van der Waals surface area contributed by atoms with Crippen LogP contribution >= 0.6 is 11.6 Å². The van der Waals surface area contributed by atoms with E-state index in [0.717, 1.165) is 22.1 Å². The summed E-state index contributed by atoms with van der Waals surface area (Å²) in [6, 6.07) is 5.84. The number of benzene rings is 1. The molecule has 2 aromatic rings. The molecule has 1 aromatic heterocycles. The zero-order valence-corrected chi connectivity index (χ0v) is 8.80. The van der Waals surface area contributed by atoms with Crippen LogP contribution < -0.4 is 4.74 Å². The van der Waals surface area contributed by atoms with Crippen molar-refractivity contribution in [1.82, 2.24) is 4.98 Å². The summed E-state index contributed by atoms with van der Waals surface area (Å²) >= 11 is 5.80. The highest BCUT2D eigenvalue weighted by molar-refractivity contribution is 6.30. The summed E-state index contributed by atoms with van der Waals surface area (Å²) in [7, 11) is 1.66. The second kappa shape index (κ2) is 3.46. The smallest absolute Gasteiger partial charge is 0.129 e. The highest BCUT2D eigenvalue weighted by atomic mass is 35.5. The van der Waals surface area contributed by atoms with Crippen molar-refractivity contribution in [3.05, 3.63) is 35.1 Å². The first-order valence-electron chi connectivity index (χ1n) is 4.30. The molecule has 0 unspecified atom stereocenters. The number of aryl methyl sites for hydroxylation is 1. The molecular weight excluding hydrogens is 198 g/mol. The van der Waals surface area contributed by atoms with E-state index in [0.29, 0.717) is 5.15 Å². The molecule has 0 N–H and O–H groups in total. The molecule has 0 radical (unpaired) electrons. The van der Waals surface area contributed by atoms with Crippen molar-refractivity contribution in [2.45, 2.75) is 6.92 Å². The van der Waals surface area contributed by atoms with E-state index < -0.39 is 0 Å². The molecule has 2 rings (SSSR count). The van der Waals surface area contributed by atoms with Crippen molar-refractivity contribution in [3.63, 3.8) is 0 Å². The minimum atomic E-state index is 0.503. The lowest BCUT2D eigenvalue weighted by molar-refractivity contribution is 0.412. The average Bonchev–Trinajstić information content (AvgIpc) is 2.17. The Balaban J connectivity index is 2.73. The molecule has 0 saturated carbocycles. The van der Waals surface area contributed by atoms with Gasteiger partial charge in [0.15, 0.2) is 0 Å². The van der Waals surface area contributed by atoms with Gasteiger partial charge >= 0.3 is 0 Å². The predicted octanol–water partition coefficient (Wildman–Crippen LogP) is 3.21. The van der Waals surface area contributed by atoms with Crippen LogP contribution in [0.5, 0.6) is 5.75 Å². The molecule has 2 nitrogen and oxygen atoms in total. The van der Waals surface area contributed by atoms with Gasteiger partial charge in [-0.1, -0.05) is 11.6 Å². The molecule has 1 heterocycles. The fraction of sp³-hybridized carbons (Fsp3) is 0.182. The van der Waals surface area contributed by atoms with Gasteiger partial charge in [0.1, 0.15) is 10.9 Å². The number of hydrogen-bond donors (Lipinski definition) is 0. The first kappa shape index (κ1) is 9.28. The Morgan fingerprint density at radius 3 is 2.71 bits per heavy atom. The first-order valence-corrected chi connectivity index (χ1v) is 4.68. The lowest BCUT2D eigenvalue weighted by Gasteiger charge is -2.06. The molecule has 0 aliphatic rings. The molecule has 1 aromatic carbocycles. The Bertz CT molecular complexity index is 482. The highest BCUT2D eigenvalue weighted by Gasteiger charge is 2.02. The number of pyridine rings is 1. The topological polar surface area (TPSA) is 22.1 Å². The maximum atomic E-state index is 5.80. The fourth-order valence-corrected chi connectivity index (χ4v) is 1.65. The number of aromatic nitrogens is 1. The Labute approximate surface area is 87.5 Å². The second-order valence-electron chi connectivity index (χ2n) is 3.18. The van der Waals surface area contributed by atoms with E-state index in [9.17, 15) is 0 Å². The van der Waals surface area contributed by atoms with Crippen molar-refractivity contribution < 1.29 is 4.74 Å². The van der Waals surface area contributed by atoms with Crippen LogP contribution in [0.2, 0.25) is 5.15 Å². The summed E-state index contributed by atoms with van der Waals surface area (Å²) in [6.07, 6.45) is 1.77. The molecule has 14 heavy (non-hydrogen) atoms. The largest absolute Gasteiger partial charge is 0.496 e. The molecule has 0 spiro atoms. The lowest BCUT2D eigenvalue weighted by Crippen LogP contribution is -1.87. The third kappa shape index (κ3) is 1.53. The number of fused-ring (bicyclic) bond motifs is 1. The third-order valence-electron chi connectivity index (χ3n) is 2.20. The SMILES string of the molecule is COc1cc2cc(Cl)ncc2cc1C. The first-order chi connectivity index (χ1) is 6.70. The maximum absolute atomic E-state index is 5.80. The summed E-state index contributed by atoms with van der Waals surface area (Å²) in [6.45, 7) is 2.01. The van der Waals surface area contributed by atoms with Crippen LogP contribution in [-0.2, 0) is 0 Å². The minimum Gasteiger partial charge on any atom is -0.496 e. The van der Waals surface area contributed by atoms with Crippen LogP contribution in [0.15, 0.2) is 24.4 Å².